The van der Waals surface area contributed by atoms with Crippen LogP contribution >= 0.6 is 0 Å². The number of hydrogen-bond donors (Lipinski definition) is 1. The van der Waals surface area contributed by atoms with E-state index in [-0.39, 0.29) is 5.56 Å². The summed E-state index contributed by atoms with van der Waals surface area (Å²) in [6.07, 6.45) is 0.917. The van der Waals surface area contributed by atoms with Gasteiger partial charge in [0.25, 0.3) is 5.92 Å². The van der Waals surface area contributed by atoms with Gasteiger partial charge in [-0.25, -0.2) is 13.8 Å². The zero-order chi connectivity index (χ0) is 13.1. The van der Waals surface area contributed by atoms with Crippen molar-refractivity contribution in [1.82, 2.24) is 9.55 Å². The minimum atomic E-state index is -3.18. The summed E-state index contributed by atoms with van der Waals surface area (Å²) in [5.74, 6) is -4.66. The molecule has 1 N–H and O–H groups in total. The molecule has 94 valence electrons. The SMILES string of the molecule is Cn1cnc2cc(C3(C(=O)O)CC3(F)F)ccc21. The number of alkyl halides is 2. The lowest BCUT2D eigenvalue weighted by Gasteiger charge is -2.11. The summed E-state index contributed by atoms with van der Waals surface area (Å²) >= 11 is 0. The first-order valence-corrected chi connectivity index (χ1v) is 5.41. The molecule has 2 aromatic rings. The molecule has 1 saturated carbocycles. The van der Waals surface area contributed by atoms with E-state index in [0.29, 0.717) is 5.52 Å². The summed E-state index contributed by atoms with van der Waals surface area (Å²) < 4.78 is 28.5. The summed E-state index contributed by atoms with van der Waals surface area (Å²) in [4.78, 5) is 15.2. The molecule has 1 heterocycles. The van der Waals surface area contributed by atoms with Gasteiger partial charge in [-0.05, 0) is 17.7 Å². The number of aryl methyl sites for hydroxylation is 1. The van der Waals surface area contributed by atoms with Gasteiger partial charge in [-0.15, -0.1) is 0 Å². The normalized spacial score (nSPS) is 25.3. The van der Waals surface area contributed by atoms with E-state index < -0.39 is 23.7 Å². The molecule has 0 radical (unpaired) electrons. The molecule has 1 aromatic carbocycles. The molecule has 1 aliphatic carbocycles. The Kier molecular flexibility index (Phi) is 1.90. The Balaban J connectivity index is 2.18. The molecule has 0 aliphatic heterocycles. The Morgan fingerprint density at radius 3 is 2.72 bits per heavy atom. The molecule has 1 fully saturated rings. The third-order valence-electron chi connectivity index (χ3n) is 3.57. The van der Waals surface area contributed by atoms with Crippen molar-refractivity contribution in [3.8, 4) is 0 Å². The molecule has 1 aliphatic rings. The van der Waals surface area contributed by atoms with Gasteiger partial charge in [-0.2, -0.15) is 0 Å². The van der Waals surface area contributed by atoms with Crippen LogP contribution in [0.2, 0.25) is 0 Å². The molecule has 0 bridgehead atoms. The van der Waals surface area contributed by atoms with Crippen LogP contribution in [0.1, 0.15) is 12.0 Å². The number of benzene rings is 1. The number of hydrogen-bond acceptors (Lipinski definition) is 2. The number of rotatable bonds is 2. The van der Waals surface area contributed by atoms with E-state index in [0.717, 1.165) is 5.52 Å². The van der Waals surface area contributed by atoms with Crippen LogP contribution in [-0.4, -0.2) is 26.5 Å². The Morgan fingerprint density at radius 2 is 2.17 bits per heavy atom. The predicted octanol–water partition coefficient (Wildman–Crippen LogP) is 1.93. The lowest BCUT2D eigenvalue weighted by Crippen LogP contribution is -2.27. The summed E-state index contributed by atoms with van der Waals surface area (Å²) in [5.41, 5.74) is -0.647. The largest absolute Gasteiger partial charge is 0.480 e. The van der Waals surface area contributed by atoms with Gasteiger partial charge in [0.05, 0.1) is 17.4 Å². The first-order chi connectivity index (χ1) is 8.38. The second kappa shape index (κ2) is 3.07. The van der Waals surface area contributed by atoms with Crippen LogP contribution < -0.4 is 0 Å². The van der Waals surface area contributed by atoms with Gasteiger partial charge >= 0.3 is 5.97 Å². The van der Waals surface area contributed by atoms with Crippen LogP contribution in [0.3, 0.4) is 0 Å². The molecular formula is C12H10F2N2O2. The Bertz CT molecular complexity index is 665. The average Bonchev–Trinajstić information content (AvgIpc) is 2.72. The summed E-state index contributed by atoms with van der Waals surface area (Å²) in [7, 11) is 1.79. The minimum Gasteiger partial charge on any atom is -0.480 e. The number of aliphatic carboxylic acids is 1. The minimum absolute atomic E-state index is 0.117. The third-order valence-corrected chi connectivity index (χ3v) is 3.57. The van der Waals surface area contributed by atoms with E-state index in [4.69, 9.17) is 5.11 Å². The number of aromatic nitrogens is 2. The highest BCUT2D eigenvalue weighted by Gasteiger charge is 2.77. The predicted molar refractivity (Wildman–Crippen MR) is 59.6 cm³/mol. The van der Waals surface area contributed by atoms with Crippen LogP contribution in [0, 0.1) is 0 Å². The van der Waals surface area contributed by atoms with Crippen molar-refractivity contribution in [3.63, 3.8) is 0 Å². The van der Waals surface area contributed by atoms with Crippen molar-refractivity contribution in [2.24, 2.45) is 7.05 Å². The Labute approximate surface area is 101 Å². The molecule has 0 saturated heterocycles. The van der Waals surface area contributed by atoms with Crippen molar-refractivity contribution in [2.75, 3.05) is 0 Å². The second-order valence-corrected chi connectivity index (χ2v) is 4.65. The van der Waals surface area contributed by atoms with E-state index in [1.807, 2.05) is 0 Å². The van der Waals surface area contributed by atoms with Crippen LogP contribution in [0.25, 0.3) is 11.0 Å². The monoisotopic (exact) mass is 252 g/mol. The fourth-order valence-corrected chi connectivity index (χ4v) is 2.36. The molecule has 1 unspecified atom stereocenters. The highest BCUT2D eigenvalue weighted by atomic mass is 19.3. The number of imidazole rings is 1. The van der Waals surface area contributed by atoms with Gasteiger partial charge in [-0.3, -0.25) is 4.79 Å². The van der Waals surface area contributed by atoms with E-state index in [9.17, 15) is 13.6 Å². The molecule has 0 amide bonds. The molecular weight excluding hydrogens is 242 g/mol. The zero-order valence-corrected chi connectivity index (χ0v) is 9.52. The molecule has 0 spiro atoms. The van der Waals surface area contributed by atoms with Gasteiger partial charge in [0.2, 0.25) is 0 Å². The van der Waals surface area contributed by atoms with Gasteiger partial charge in [0.1, 0.15) is 0 Å². The first-order valence-electron chi connectivity index (χ1n) is 5.41. The highest BCUT2D eigenvalue weighted by molar-refractivity contribution is 5.89. The van der Waals surface area contributed by atoms with Gasteiger partial charge in [0, 0.05) is 13.5 Å². The van der Waals surface area contributed by atoms with Crippen LogP contribution in [0.5, 0.6) is 0 Å². The maximum Gasteiger partial charge on any atom is 0.320 e. The van der Waals surface area contributed by atoms with Crippen LogP contribution in [-0.2, 0) is 17.3 Å². The number of fused-ring (bicyclic) bond motifs is 1. The summed E-state index contributed by atoms with van der Waals surface area (Å²) in [6, 6.07) is 4.50. The fraction of sp³-hybridized carbons (Fsp3) is 0.333. The van der Waals surface area contributed by atoms with Crippen molar-refractivity contribution >= 4 is 17.0 Å². The summed E-state index contributed by atoms with van der Waals surface area (Å²) in [5, 5.41) is 9.06. The summed E-state index contributed by atoms with van der Waals surface area (Å²) in [6.45, 7) is 0. The number of carboxylic acids is 1. The zero-order valence-electron chi connectivity index (χ0n) is 9.52. The van der Waals surface area contributed by atoms with Crippen LogP contribution in [0.4, 0.5) is 8.78 Å². The van der Waals surface area contributed by atoms with E-state index in [1.54, 1.807) is 24.0 Å². The lowest BCUT2D eigenvalue weighted by molar-refractivity contribution is -0.142. The standard InChI is InChI=1S/C12H10F2N2O2/c1-16-6-15-8-4-7(2-3-9(8)16)11(10(17)18)5-12(11,13)14/h2-4,6H,5H2,1H3,(H,17,18). The van der Waals surface area contributed by atoms with Crippen molar-refractivity contribution in [3.05, 3.63) is 30.1 Å². The quantitative estimate of drug-likeness (QED) is 0.888. The molecule has 1 aromatic heterocycles. The lowest BCUT2D eigenvalue weighted by atomic mass is 9.95. The van der Waals surface area contributed by atoms with Gasteiger partial charge in [0.15, 0.2) is 5.41 Å². The number of carbonyl (C=O) groups is 1. The number of carboxylic acid groups (broad SMARTS) is 1. The second-order valence-electron chi connectivity index (χ2n) is 4.65. The fourth-order valence-electron chi connectivity index (χ4n) is 2.36. The molecule has 4 nitrogen and oxygen atoms in total. The van der Waals surface area contributed by atoms with E-state index in [1.165, 1.54) is 12.1 Å². The van der Waals surface area contributed by atoms with Gasteiger partial charge in [-0.1, -0.05) is 6.07 Å². The van der Waals surface area contributed by atoms with Crippen LogP contribution in [0.15, 0.2) is 24.5 Å². The van der Waals surface area contributed by atoms with E-state index >= 15 is 0 Å². The van der Waals surface area contributed by atoms with Crippen molar-refractivity contribution in [2.45, 2.75) is 17.8 Å². The Morgan fingerprint density at radius 1 is 1.50 bits per heavy atom. The van der Waals surface area contributed by atoms with E-state index in [2.05, 4.69) is 4.98 Å². The van der Waals surface area contributed by atoms with Gasteiger partial charge < -0.3 is 9.67 Å². The molecule has 1 atom stereocenters. The average molecular weight is 252 g/mol. The third kappa shape index (κ3) is 1.17. The molecule has 3 rings (SSSR count). The number of nitrogens with zero attached hydrogens (tertiary/aromatic N) is 2. The first kappa shape index (κ1) is 11.1. The smallest absolute Gasteiger partial charge is 0.320 e. The topological polar surface area (TPSA) is 55.1 Å². The molecule has 6 heteroatoms. The molecule has 18 heavy (non-hydrogen) atoms. The van der Waals surface area contributed by atoms with Crippen molar-refractivity contribution in [1.29, 1.82) is 0 Å². The highest BCUT2D eigenvalue weighted by Crippen LogP contribution is 2.61. The number of halogens is 2. The Hall–Kier alpha value is -1.98. The van der Waals surface area contributed by atoms with Crippen molar-refractivity contribution < 1.29 is 18.7 Å². The maximum atomic E-state index is 13.4. The maximum absolute atomic E-state index is 13.4.